The van der Waals surface area contributed by atoms with Crippen molar-refractivity contribution in [3.63, 3.8) is 0 Å². The van der Waals surface area contributed by atoms with Crippen molar-refractivity contribution in [2.24, 2.45) is 0 Å². The summed E-state index contributed by atoms with van der Waals surface area (Å²) in [4.78, 5) is 11.9. The highest BCUT2D eigenvalue weighted by Crippen LogP contribution is 2.31. The van der Waals surface area contributed by atoms with Crippen molar-refractivity contribution in [3.8, 4) is 5.75 Å². The second-order valence-electron chi connectivity index (χ2n) is 4.72. The fourth-order valence-electron chi connectivity index (χ4n) is 2.20. The van der Waals surface area contributed by atoms with E-state index in [1.807, 2.05) is 42.5 Å². The zero-order valence-corrected chi connectivity index (χ0v) is 13.5. The zero-order valence-electron chi connectivity index (χ0n) is 11.9. The quantitative estimate of drug-likeness (QED) is 0.546. The lowest BCUT2D eigenvalue weighted by molar-refractivity contribution is 0.101. The molecule has 0 atom stereocenters. The third-order valence-corrected chi connectivity index (χ3v) is 3.82. The van der Waals surface area contributed by atoms with Crippen molar-refractivity contribution in [2.75, 3.05) is 0 Å². The van der Waals surface area contributed by atoms with E-state index < -0.39 is 0 Å². The molecular weight excluding hydrogens is 328 g/mol. The lowest BCUT2D eigenvalue weighted by Gasteiger charge is -2.15. The summed E-state index contributed by atoms with van der Waals surface area (Å²) >= 11 is 3.44. The predicted molar refractivity (Wildman–Crippen MR) is 88.8 cm³/mol. The Bertz CT molecular complexity index is 648. The summed E-state index contributed by atoms with van der Waals surface area (Å²) in [6, 6.07) is 13.7. The standard InChI is InChI=1S/C18H17BrO2/c1-3-7-15-17(11-10-16(19)18(15)13(2)20)21-12-14-8-5-4-6-9-14/h3-6,8-11H,1,7,12H2,2H3. The van der Waals surface area contributed by atoms with Gasteiger partial charge in [0.1, 0.15) is 12.4 Å². The van der Waals surface area contributed by atoms with Gasteiger partial charge in [0, 0.05) is 15.6 Å². The summed E-state index contributed by atoms with van der Waals surface area (Å²) in [5.41, 5.74) is 2.64. The van der Waals surface area contributed by atoms with E-state index in [2.05, 4.69) is 22.5 Å². The molecule has 0 aromatic heterocycles. The molecule has 0 fully saturated rings. The van der Waals surface area contributed by atoms with Crippen molar-refractivity contribution in [1.82, 2.24) is 0 Å². The van der Waals surface area contributed by atoms with Crippen LogP contribution in [0, 0.1) is 0 Å². The Hall–Kier alpha value is -1.87. The summed E-state index contributed by atoms with van der Waals surface area (Å²) in [5.74, 6) is 0.746. The van der Waals surface area contributed by atoms with Gasteiger partial charge in [-0.3, -0.25) is 4.79 Å². The SMILES string of the molecule is C=CCc1c(OCc2ccccc2)ccc(Br)c1C(C)=O. The van der Waals surface area contributed by atoms with Gasteiger partial charge < -0.3 is 4.74 Å². The molecule has 0 bridgehead atoms. The van der Waals surface area contributed by atoms with Gasteiger partial charge in [-0.2, -0.15) is 0 Å². The molecule has 0 radical (unpaired) electrons. The molecule has 3 heteroatoms. The molecule has 2 aromatic rings. The summed E-state index contributed by atoms with van der Waals surface area (Å²) in [6.07, 6.45) is 2.38. The Kier molecular flexibility index (Phi) is 5.34. The molecule has 0 saturated carbocycles. The van der Waals surface area contributed by atoms with E-state index >= 15 is 0 Å². The monoisotopic (exact) mass is 344 g/mol. The van der Waals surface area contributed by atoms with Crippen LogP contribution >= 0.6 is 15.9 Å². The van der Waals surface area contributed by atoms with Crippen LogP contribution in [0.1, 0.15) is 28.4 Å². The first kappa shape index (κ1) is 15.5. The van der Waals surface area contributed by atoms with Gasteiger partial charge in [-0.05, 0) is 31.0 Å². The number of Topliss-reactive ketones (excluding diaryl/α,β-unsaturated/α-hetero) is 1. The molecular formula is C18H17BrO2. The zero-order chi connectivity index (χ0) is 15.2. The maximum absolute atomic E-state index is 11.9. The van der Waals surface area contributed by atoms with Crippen molar-refractivity contribution in [1.29, 1.82) is 0 Å². The third kappa shape index (κ3) is 3.82. The Labute approximate surface area is 133 Å². The van der Waals surface area contributed by atoms with Gasteiger partial charge in [0.25, 0.3) is 0 Å². The molecule has 0 saturated heterocycles. The summed E-state index contributed by atoms with van der Waals surface area (Å²) in [7, 11) is 0. The Balaban J connectivity index is 2.32. The number of halogens is 1. The van der Waals surface area contributed by atoms with Crippen LogP contribution in [0.4, 0.5) is 0 Å². The van der Waals surface area contributed by atoms with Crippen LogP contribution < -0.4 is 4.74 Å². The second-order valence-corrected chi connectivity index (χ2v) is 5.58. The summed E-state index contributed by atoms with van der Waals surface area (Å²) in [6.45, 7) is 5.80. The van der Waals surface area contributed by atoms with E-state index in [0.717, 1.165) is 21.3 Å². The molecule has 0 aliphatic rings. The number of allylic oxidation sites excluding steroid dienone is 1. The van der Waals surface area contributed by atoms with Gasteiger partial charge in [-0.25, -0.2) is 0 Å². The minimum atomic E-state index is 0.0175. The highest BCUT2D eigenvalue weighted by atomic mass is 79.9. The molecule has 2 aromatic carbocycles. The minimum absolute atomic E-state index is 0.0175. The van der Waals surface area contributed by atoms with Gasteiger partial charge in [-0.1, -0.05) is 52.3 Å². The van der Waals surface area contributed by atoms with Gasteiger partial charge in [-0.15, -0.1) is 6.58 Å². The average molecular weight is 345 g/mol. The number of ketones is 1. The third-order valence-electron chi connectivity index (χ3n) is 3.16. The van der Waals surface area contributed by atoms with Crippen molar-refractivity contribution < 1.29 is 9.53 Å². The lowest BCUT2D eigenvalue weighted by atomic mass is 10.0. The van der Waals surface area contributed by atoms with E-state index in [1.165, 1.54) is 0 Å². The summed E-state index contributed by atoms with van der Waals surface area (Å²) < 4.78 is 6.69. The maximum atomic E-state index is 11.9. The molecule has 2 rings (SSSR count). The van der Waals surface area contributed by atoms with Gasteiger partial charge in [0.15, 0.2) is 5.78 Å². The van der Waals surface area contributed by atoms with E-state index in [4.69, 9.17) is 4.74 Å². The largest absolute Gasteiger partial charge is 0.489 e. The first-order valence-corrected chi connectivity index (χ1v) is 7.52. The molecule has 21 heavy (non-hydrogen) atoms. The van der Waals surface area contributed by atoms with Gasteiger partial charge >= 0.3 is 0 Å². The van der Waals surface area contributed by atoms with E-state index in [1.54, 1.807) is 13.0 Å². The number of ether oxygens (including phenoxy) is 1. The van der Waals surface area contributed by atoms with Crippen LogP contribution in [0.2, 0.25) is 0 Å². The molecule has 2 nitrogen and oxygen atoms in total. The number of hydrogen-bond acceptors (Lipinski definition) is 2. The molecule has 0 aliphatic carbocycles. The molecule has 0 spiro atoms. The second kappa shape index (κ2) is 7.23. The topological polar surface area (TPSA) is 26.3 Å². The number of benzene rings is 2. The van der Waals surface area contributed by atoms with Crippen molar-refractivity contribution in [2.45, 2.75) is 20.0 Å². The normalized spacial score (nSPS) is 10.2. The van der Waals surface area contributed by atoms with Crippen molar-refractivity contribution in [3.05, 3.63) is 76.3 Å². The number of carbonyl (C=O) groups is 1. The minimum Gasteiger partial charge on any atom is -0.489 e. The molecule has 0 N–H and O–H groups in total. The Morgan fingerprint density at radius 3 is 2.57 bits per heavy atom. The van der Waals surface area contributed by atoms with Gasteiger partial charge in [0.05, 0.1) is 0 Å². The van der Waals surface area contributed by atoms with Crippen LogP contribution in [0.3, 0.4) is 0 Å². The fraction of sp³-hybridized carbons (Fsp3) is 0.167. The lowest BCUT2D eigenvalue weighted by Crippen LogP contribution is -2.05. The maximum Gasteiger partial charge on any atom is 0.161 e. The van der Waals surface area contributed by atoms with Crippen molar-refractivity contribution >= 4 is 21.7 Å². The van der Waals surface area contributed by atoms with Crippen LogP contribution in [-0.4, -0.2) is 5.78 Å². The fourth-order valence-corrected chi connectivity index (χ4v) is 2.85. The molecule has 0 unspecified atom stereocenters. The number of hydrogen-bond donors (Lipinski definition) is 0. The first-order chi connectivity index (χ1) is 10.1. The van der Waals surface area contributed by atoms with E-state index in [-0.39, 0.29) is 5.78 Å². The Morgan fingerprint density at radius 1 is 1.24 bits per heavy atom. The Morgan fingerprint density at radius 2 is 1.95 bits per heavy atom. The molecule has 0 heterocycles. The van der Waals surface area contributed by atoms with Crippen LogP contribution in [0.5, 0.6) is 5.75 Å². The molecule has 0 amide bonds. The molecule has 108 valence electrons. The van der Waals surface area contributed by atoms with Gasteiger partial charge in [0.2, 0.25) is 0 Å². The highest BCUT2D eigenvalue weighted by Gasteiger charge is 2.15. The summed E-state index contributed by atoms with van der Waals surface area (Å²) in [5, 5.41) is 0. The van der Waals surface area contributed by atoms with E-state index in [0.29, 0.717) is 18.6 Å². The van der Waals surface area contributed by atoms with Crippen LogP contribution in [-0.2, 0) is 13.0 Å². The molecule has 0 aliphatic heterocycles. The number of carbonyl (C=O) groups excluding carboxylic acids is 1. The van der Waals surface area contributed by atoms with Crippen LogP contribution in [0.15, 0.2) is 59.6 Å². The predicted octanol–water partition coefficient (Wildman–Crippen LogP) is 4.96. The number of rotatable bonds is 6. The smallest absolute Gasteiger partial charge is 0.161 e. The average Bonchev–Trinajstić information content (AvgIpc) is 2.47. The van der Waals surface area contributed by atoms with E-state index in [9.17, 15) is 4.79 Å². The van der Waals surface area contributed by atoms with Crippen LogP contribution in [0.25, 0.3) is 0 Å². The highest BCUT2D eigenvalue weighted by molar-refractivity contribution is 9.10. The first-order valence-electron chi connectivity index (χ1n) is 6.73.